The van der Waals surface area contributed by atoms with Gasteiger partial charge in [-0.05, 0) is 31.5 Å². The average Bonchev–Trinajstić information content (AvgIpc) is 3.54. The van der Waals surface area contributed by atoms with Crippen molar-refractivity contribution in [2.45, 2.75) is 31.0 Å². The summed E-state index contributed by atoms with van der Waals surface area (Å²) >= 11 is 0. The number of methoxy groups -OCH3 is 3. The molecule has 0 aliphatic carbocycles. The predicted octanol–water partition coefficient (Wildman–Crippen LogP) is 2.73. The minimum atomic E-state index is -3.86. The molecule has 12 nitrogen and oxygen atoms in total. The fraction of sp³-hybridized carbons (Fsp3) is 0.348. The topological polar surface area (TPSA) is 144 Å². The van der Waals surface area contributed by atoms with Gasteiger partial charge < -0.3 is 18.7 Å². The Morgan fingerprint density at radius 3 is 2.25 bits per heavy atom. The quantitative estimate of drug-likeness (QED) is 0.308. The van der Waals surface area contributed by atoms with Gasteiger partial charge in [0.15, 0.2) is 33.0 Å². The van der Waals surface area contributed by atoms with Crippen molar-refractivity contribution in [3.8, 4) is 28.7 Å². The lowest BCUT2D eigenvalue weighted by atomic mass is 10.2. The average molecular weight is 515 g/mol. The molecule has 0 bridgehead atoms. The Bertz CT molecular complexity index is 1400. The lowest BCUT2D eigenvalue weighted by Crippen LogP contribution is -2.30. The molecule has 3 aromatic heterocycles. The fourth-order valence-electron chi connectivity index (χ4n) is 3.75. The van der Waals surface area contributed by atoms with Gasteiger partial charge in [-0.2, -0.15) is 0 Å². The fourth-order valence-corrected chi connectivity index (χ4v) is 5.17. The van der Waals surface area contributed by atoms with E-state index in [0.29, 0.717) is 22.9 Å². The van der Waals surface area contributed by atoms with E-state index in [0.717, 1.165) is 5.56 Å². The number of aromatic nitrogens is 6. The van der Waals surface area contributed by atoms with Crippen molar-refractivity contribution in [1.29, 1.82) is 0 Å². The molecule has 2 atom stereocenters. The molecule has 0 aliphatic rings. The van der Waals surface area contributed by atoms with Crippen LogP contribution in [0.5, 0.6) is 11.5 Å². The second-order valence-corrected chi connectivity index (χ2v) is 10.3. The van der Waals surface area contributed by atoms with Crippen LogP contribution in [0.25, 0.3) is 17.2 Å². The predicted molar refractivity (Wildman–Crippen MR) is 129 cm³/mol. The van der Waals surface area contributed by atoms with Crippen LogP contribution < -0.4 is 9.47 Å². The van der Waals surface area contributed by atoms with Gasteiger partial charge in [0.1, 0.15) is 35.3 Å². The summed E-state index contributed by atoms with van der Waals surface area (Å²) in [4.78, 5) is 8.51. The number of sulfone groups is 1. The van der Waals surface area contributed by atoms with Crippen molar-refractivity contribution in [2.24, 2.45) is 0 Å². The van der Waals surface area contributed by atoms with Gasteiger partial charge in [-0.25, -0.2) is 18.4 Å². The van der Waals surface area contributed by atoms with Crippen molar-refractivity contribution in [3.63, 3.8) is 0 Å². The zero-order chi connectivity index (χ0) is 25.9. The van der Waals surface area contributed by atoms with Gasteiger partial charge in [0.2, 0.25) is 0 Å². The SMILES string of the molecule is COc1cccc(OC)c1-n1c(CS(=O)(=O)[C@@H](C)[C@H](OC)c2ncc(C)cn2)nnc1-c1ccon1. The van der Waals surface area contributed by atoms with Gasteiger partial charge in [-0.1, -0.05) is 11.2 Å². The summed E-state index contributed by atoms with van der Waals surface area (Å²) in [5, 5.41) is 11.4. The van der Waals surface area contributed by atoms with E-state index in [2.05, 4.69) is 25.3 Å². The number of rotatable bonds is 10. The Labute approximate surface area is 208 Å². The highest BCUT2D eigenvalue weighted by atomic mass is 32.2. The molecular weight excluding hydrogens is 488 g/mol. The Balaban J connectivity index is 1.81. The lowest BCUT2D eigenvalue weighted by molar-refractivity contribution is 0.0947. The zero-order valence-corrected chi connectivity index (χ0v) is 21.3. The van der Waals surface area contributed by atoms with Crippen molar-refractivity contribution >= 4 is 9.84 Å². The molecule has 0 N–H and O–H groups in total. The van der Waals surface area contributed by atoms with Crippen LogP contribution in [-0.2, 0) is 20.3 Å². The lowest BCUT2D eigenvalue weighted by Gasteiger charge is -2.22. The van der Waals surface area contributed by atoms with Gasteiger partial charge in [-0.3, -0.25) is 4.57 Å². The van der Waals surface area contributed by atoms with E-state index < -0.39 is 26.9 Å². The highest BCUT2D eigenvalue weighted by Gasteiger charge is 2.35. The van der Waals surface area contributed by atoms with Crippen LogP contribution in [0.1, 0.15) is 30.2 Å². The smallest absolute Gasteiger partial charge is 0.191 e. The minimum absolute atomic E-state index is 0.127. The third-order valence-electron chi connectivity index (χ3n) is 5.65. The molecule has 0 amide bonds. The van der Waals surface area contributed by atoms with E-state index in [1.807, 2.05) is 6.92 Å². The second kappa shape index (κ2) is 10.4. The van der Waals surface area contributed by atoms with E-state index >= 15 is 0 Å². The normalized spacial score (nSPS) is 13.4. The van der Waals surface area contributed by atoms with Gasteiger partial charge in [0, 0.05) is 25.6 Å². The highest BCUT2D eigenvalue weighted by molar-refractivity contribution is 7.91. The molecule has 1 aromatic carbocycles. The van der Waals surface area contributed by atoms with Gasteiger partial charge >= 0.3 is 0 Å². The molecule has 3 heterocycles. The van der Waals surface area contributed by atoms with E-state index in [1.165, 1.54) is 27.6 Å². The molecule has 0 saturated carbocycles. The van der Waals surface area contributed by atoms with Crippen LogP contribution in [0.15, 0.2) is 47.4 Å². The first-order chi connectivity index (χ1) is 17.3. The van der Waals surface area contributed by atoms with Gasteiger partial charge in [-0.15, -0.1) is 10.2 Å². The number of aryl methyl sites for hydroxylation is 1. The molecule has 0 unspecified atom stereocenters. The first kappa shape index (κ1) is 25.3. The van der Waals surface area contributed by atoms with Crippen LogP contribution >= 0.6 is 0 Å². The third kappa shape index (κ3) is 4.79. The largest absolute Gasteiger partial charge is 0.494 e. The highest BCUT2D eigenvalue weighted by Crippen LogP contribution is 2.37. The summed E-state index contributed by atoms with van der Waals surface area (Å²) in [6.07, 6.45) is 3.73. The second-order valence-electron chi connectivity index (χ2n) is 7.96. The number of benzene rings is 1. The maximum atomic E-state index is 13.6. The summed E-state index contributed by atoms with van der Waals surface area (Å²) in [5.74, 6) is 1.04. The summed E-state index contributed by atoms with van der Waals surface area (Å²) in [5.41, 5.74) is 1.63. The molecule has 13 heteroatoms. The molecule has 0 fully saturated rings. The maximum absolute atomic E-state index is 13.6. The van der Waals surface area contributed by atoms with Crippen LogP contribution in [0.3, 0.4) is 0 Å². The first-order valence-corrected chi connectivity index (χ1v) is 12.6. The number of hydrogen-bond acceptors (Lipinski definition) is 11. The summed E-state index contributed by atoms with van der Waals surface area (Å²) in [7, 11) is 0.563. The molecular formula is C23H26N6O6S. The Kier molecular flexibility index (Phi) is 7.31. The molecule has 0 spiro atoms. The van der Waals surface area contributed by atoms with E-state index in [9.17, 15) is 8.42 Å². The van der Waals surface area contributed by atoms with Gasteiger partial charge in [0.25, 0.3) is 0 Å². The zero-order valence-electron chi connectivity index (χ0n) is 20.4. The number of hydrogen-bond donors (Lipinski definition) is 0. The number of nitrogens with zero attached hydrogens (tertiary/aromatic N) is 6. The molecule has 0 radical (unpaired) electrons. The van der Waals surface area contributed by atoms with Crippen molar-refractivity contribution < 1.29 is 27.2 Å². The minimum Gasteiger partial charge on any atom is -0.494 e. The Morgan fingerprint density at radius 2 is 1.69 bits per heavy atom. The van der Waals surface area contributed by atoms with Crippen LogP contribution in [0.2, 0.25) is 0 Å². The van der Waals surface area contributed by atoms with Crippen LogP contribution in [0, 0.1) is 6.92 Å². The van der Waals surface area contributed by atoms with E-state index in [4.69, 9.17) is 18.7 Å². The van der Waals surface area contributed by atoms with E-state index in [1.54, 1.807) is 48.1 Å². The van der Waals surface area contributed by atoms with Crippen molar-refractivity contribution in [2.75, 3.05) is 21.3 Å². The number of para-hydroxylation sites is 1. The third-order valence-corrected chi connectivity index (χ3v) is 7.70. The monoisotopic (exact) mass is 514 g/mol. The molecule has 4 aromatic rings. The summed E-state index contributed by atoms with van der Waals surface area (Å²) < 4.78 is 50.4. The van der Waals surface area contributed by atoms with E-state index in [-0.39, 0.29) is 17.5 Å². The molecule has 190 valence electrons. The standard InChI is InChI=1S/C23H26N6O6S/c1-14-11-24-22(25-12-14)21(34-5)15(2)36(30,31)13-19-26-27-23(16-9-10-35-28-16)29(19)20-17(32-3)7-6-8-18(20)33-4/h6-12,15,21H,13H2,1-5H3/t15-,21-/m0/s1. The van der Waals surface area contributed by atoms with Crippen LogP contribution in [-0.4, -0.2) is 64.9 Å². The molecule has 36 heavy (non-hydrogen) atoms. The molecule has 0 saturated heterocycles. The molecule has 0 aliphatic heterocycles. The first-order valence-electron chi connectivity index (χ1n) is 10.9. The van der Waals surface area contributed by atoms with Crippen molar-refractivity contribution in [1.82, 2.24) is 29.9 Å². The van der Waals surface area contributed by atoms with Gasteiger partial charge in [0.05, 0.1) is 19.5 Å². The Hall–Kier alpha value is -3.84. The summed E-state index contributed by atoms with van der Waals surface area (Å²) in [6.45, 7) is 3.40. The Morgan fingerprint density at radius 1 is 1.03 bits per heavy atom. The maximum Gasteiger partial charge on any atom is 0.191 e. The molecule has 4 rings (SSSR count). The van der Waals surface area contributed by atoms with Crippen molar-refractivity contribution in [3.05, 3.63) is 60.1 Å². The number of ether oxygens (including phenoxy) is 3. The van der Waals surface area contributed by atoms with Crippen LogP contribution in [0.4, 0.5) is 0 Å². The summed E-state index contributed by atoms with van der Waals surface area (Å²) in [6, 6.07) is 6.80.